The van der Waals surface area contributed by atoms with Crippen molar-refractivity contribution >= 4 is 21.7 Å². The Morgan fingerprint density at radius 1 is 1.25 bits per heavy atom. The van der Waals surface area contributed by atoms with Crippen LogP contribution in [0.1, 0.15) is 10.4 Å². The fourth-order valence-electron chi connectivity index (χ4n) is 0.903. The molecule has 1 N–H and O–H groups in total. The summed E-state index contributed by atoms with van der Waals surface area (Å²) in [4.78, 5) is 11.3. The maximum Gasteiger partial charge on any atom is 0.448 e. The number of rotatable bonds is 2. The molecule has 0 heterocycles. The summed E-state index contributed by atoms with van der Waals surface area (Å²) in [5.74, 6) is -2.80. The van der Waals surface area contributed by atoms with Gasteiger partial charge in [-0.1, -0.05) is 15.9 Å². The highest BCUT2D eigenvalue weighted by atomic mass is 79.9. The van der Waals surface area contributed by atoms with Crippen molar-refractivity contribution < 1.29 is 23.1 Å². The van der Waals surface area contributed by atoms with Crippen LogP contribution in [0.2, 0.25) is 0 Å². The molecule has 0 amide bonds. The molecule has 1 aromatic carbocycles. The second-order valence-corrected chi connectivity index (χ2v) is 3.81. The number of halogens is 4. The lowest BCUT2D eigenvalue weighted by molar-refractivity contribution is -0.120. The standard InChI is InChI=1S/C10H6BrF3O2/c11-7-3-1-6(2-4-7)8(15)5-9(16)10(12,13)14/h1-5,16H/b9-5-. The normalized spacial score (nSPS) is 12.6. The molecule has 0 aliphatic rings. The minimum Gasteiger partial charge on any atom is -0.504 e. The van der Waals surface area contributed by atoms with Gasteiger partial charge in [-0.25, -0.2) is 0 Å². The van der Waals surface area contributed by atoms with Gasteiger partial charge in [0.05, 0.1) is 0 Å². The Labute approximate surface area is 97.5 Å². The average molecular weight is 295 g/mol. The van der Waals surface area contributed by atoms with E-state index < -0.39 is 17.7 Å². The van der Waals surface area contributed by atoms with Crippen molar-refractivity contribution in [2.45, 2.75) is 6.18 Å². The summed E-state index contributed by atoms with van der Waals surface area (Å²) in [6, 6.07) is 5.75. The first kappa shape index (κ1) is 12.8. The molecular formula is C10H6BrF3O2. The van der Waals surface area contributed by atoms with Gasteiger partial charge in [-0.15, -0.1) is 0 Å². The third-order valence-electron chi connectivity index (χ3n) is 1.69. The number of benzene rings is 1. The van der Waals surface area contributed by atoms with E-state index in [1.165, 1.54) is 24.3 Å². The van der Waals surface area contributed by atoms with E-state index in [1.54, 1.807) is 0 Å². The molecule has 0 unspecified atom stereocenters. The zero-order valence-electron chi connectivity index (χ0n) is 7.75. The maximum atomic E-state index is 11.9. The average Bonchev–Trinajstić information content (AvgIpc) is 2.17. The largest absolute Gasteiger partial charge is 0.504 e. The molecule has 0 saturated heterocycles. The van der Waals surface area contributed by atoms with E-state index in [1.807, 2.05) is 0 Å². The minimum atomic E-state index is -4.90. The fourth-order valence-corrected chi connectivity index (χ4v) is 1.17. The molecule has 0 aliphatic carbocycles. The van der Waals surface area contributed by atoms with Crippen LogP contribution in [0.4, 0.5) is 13.2 Å². The zero-order valence-corrected chi connectivity index (χ0v) is 9.34. The number of carbonyl (C=O) groups excluding carboxylic acids is 1. The van der Waals surface area contributed by atoms with E-state index in [2.05, 4.69) is 15.9 Å². The Hall–Kier alpha value is -1.30. The number of alkyl halides is 3. The second kappa shape index (κ2) is 4.69. The first-order chi connectivity index (χ1) is 7.30. The van der Waals surface area contributed by atoms with Gasteiger partial charge >= 0.3 is 6.18 Å². The quantitative estimate of drug-likeness (QED) is 0.514. The van der Waals surface area contributed by atoms with Gasteiger partial charge in [0.25, 0.3) is 0 Å². The van der Waals surface area contributed by atoms with Crippen molar-refractivity contribution in [3.8, 4) is 0 Å². The van der Waals surface area contributed by atoms with E-state index in [0.29, 0.717) is 4.47 Å². The van der Waals surface area contributed by atoms with E-state index in [9.17, 15) is 18.0 Å². The molecule has 0 saturated carbocycles. The molecule has 2 nitrogen and oxygen atoms in total. The first-order valence-electron chi connectivity index (χ1n) is 4.08. The predicted molar refractivity (Wildman–Crippen MR) is 55.2 cm³/mol. The van der Waals surface area contributed by atoms with Gasteiger partial charge in [0, 0.05) is 16.1 Å². The molecule has 0 aromatic heterocycles. The van der Waals surface area contributed by atoms with Crippen LogP contribution < -0.4 is 0 Å². The van der Waals surface area contributed by atoms with Crippen LogP contribution in [-0.4, -0.2) is 17.1 Å². The highest BCUT2D eigenvalue weighted by molar-refractivity contribution is 9.10. The molecule has 16 heavy (non-hydrogen) atoms. The number of aliphatic hydroxyl groups is 1. The van der Waals surface area contributed by atoms with Gasteiger partial charge < -0.3 is 5.11 Å². The lowest BCUT2D eigenvalue weighted by atomic mass is 10.1. The molecule has 6 heteroatoms. The number of aliphatic hydroxyl groups excluding tert-OH is 1. The van der Waals surface area contributed by atoms with E-state index in [0.717, 1.165) is 0 Å². The molecule has 0 bridgehead atoms. The minimum absolute atomic E-state index is 0.0685. The van der Waals surface area contributed by atoms with Gasteiger partial charge in [-0.2, -0.15) is 13.2 Å². The third-order valence-corrected chi connectivity index (χ3v) is 2.22. The summed E-state index contributed by atoms with van der Waals surface area (Å²) in [6.45, 7) is 0. The van der Waals surface area contributed by atoms with Crippen molar-refractivity contribution in [1.29, 1.82) is 0 Å². The summed E-state index contributed by atoms with van der Waals surface area (Å²) in [5, 5.41) is 8.58. The Bertz CT molecular complexity index is 421. The van der Waals surface area contributed by atoms with Crippen LogP contribution in [0.5, 0.6) is 0 Å². The van der Waals surface area contributed by atoms with Gasteiger partial charge in [0.2, 0.25) is 5.76 Å². The van der Waals surface area contributed by atoms with Crippen LogP contribution in [-0.2, 0) is 0 Å². The molecule has 0 fully saturated rings. The zero-order chi connectivity index (χ0) is 12.3. The highest BCUT2D eigenvalue weighted by Gasteiger charge is 2.34. The van der Waals surface area contributed by atoms with Gasteiger partial charge in [0.15, 0.2) is 5.78 Å². The van der Waals surface area contributed by atoms with E-state index in [-0.39, 0.29) is 11.6 Å². The summed E-state index contributed by atoms with van der Waals surface area (Å²) in [7, 11) is 0. The lowest BCUT2D eigenvalue weighted by Gasteiger charge is -2.04. The van der Waals surface area contributed by atoms with Crippen molar-refractivity contribution in [3.63, 3.8) is 0 Å². The van der Waals surface area contributed by atoms with Gasteiger partial charge in [-0.3, -0.25) is 4.79 Å². The molecule has 86 valence electrons. The number of carbonyl (C=O) groups is 1. The molecule has 0 radical (unpaired) electrons. The lowest BCUT2D eigenvalue weighted by Crippen LogP contribution is -2.13. The molecule has 0 spiro atoms. The smallest absolute Gasteiger partial charge is 0.448 e. The number of hydrogen-bond acceptors (Lipinski definition) is 2. The molecule has 0 aliphatic heterocycles. The molecular weight excluding hydrogens is 289 g/mol. The molecule has 1 rings (SSSR count). The van der Waals surface area contributed by atoms with Crippen LogP contribution in [0.15, 0.2) is 40.6 Å². The Morgan fingerprint density at radius 2 is 1.75 bits per heavy atom. The molecule has 0 atom stereocenters. The van der Waals surface area contributed by atoms with E-state index in [4.69, 9.17) is 5.11 Å². The van der Waals surface area contributed by atoms with Gasteiger partial charge in [-0.05, 0) is 24.3 Å². The summed E-state index contributed by atoms with van der Waals surface area (Å²) in [5.41, 5.74) is 0.0685. The predicted octanol–water partition coefficient (Wildman–Crippen LogP) is 3.64. The van der Waals surface area contributed by atoms with Gasteiger partial charge in [0.1, 0.15) is 0 Å². The highest BCUT2D eigenvalue weighted by Crippen LogP contribution is 2.23. The molecule has 1 aromatic rings. The van der Waals surface area contributed by atoms with Crippen molar-refractivity contribution in [2.75, 3.05) is 0 Å². The third kappa shape index (κ3) is 3.37. The topological polar surface area (TPSA) is 37.3 Å². The second-order valence-electron chi connectivity index (χ2n) is 2.90. The SMILES string of the molecule is O=C(/C=C(\O)C(F)(F)F)c1ccc(Br)cc1. The maximum absolute atomic E-state index is 11.9. The van der Waals surface area contributed by atoms with Crippen LogP contribution >= 0.6 is 15.9 Å². The van der Waals surface area contributed by atoms with Crippen LogP contribution in [0.25, 0.3) is 0 Å². The van der Waals surface area contributed by atoms with E-state index >= 15 is 0 Å². The Balaban J connectivity index is 2.92. The summed E-state index contributed by atoms with van der Waals surface area (Å²) >= 11 is 3.12. The Morgan fingerprint density at radius 3 is 2.19 bits per heavy atom. The van der Waals surface area contributed by atoms with Crippen molar-refractivity contribution in [3.05, 3.63) is 46.1 Å². The fraction of sp³-hybridized carbons (Fsp3) is 0.100. The van der Waals surface area contributed by atoms with Crippen molar-refractivity contribution in [2.24, 2.45) is 0 Å². The van der Waals surface area contributed by atoms with Crippen molar-refractivity contribution in [1.82, 2.24) is 0 Å². The first-order valence-corrected chi connectivity index (χ1v) is 4.88. The summed E-state index contributed by atoms with van der Waals surface area (Å²) < 4.78 is 36.4. The number of ketones is 1. The summed E-state index contributed by atoms with van der Waals surface area (Å²) in [6.07, 6.45) is -4.74. The van der Waals surface area contributed by atoms with Crippen LogP contribution in [0.3, 0.4) is 0 Å². The Kier molecular flexibility index (Phi) is 3.74. The number of hydrogen-bond donors (Lipinski definition) is 1. The number of allylic oxidation sites excluding steroid dienone is 2. The monoisotopic (exact) mass is 294 g/mol. The van der Waals surface area contributed by atoms with Crippen LogP contribution in [0, 0.1) is 0 Å².